The Bertz CT molecular complexity index is 643. The van der Waals surface area contributed by atoms with Crippen molar-refractivity contribution in [2.75, 3.05) is 11.1 Å². The topological polar surface area (TPSA) is 72.9 Å². The van der Waals surface area contributed by atoms with Gasteiger partial charge >= 0.3 is 0 Å². The van der Waals surface area contributed by atoms with E-state index in [1.54, 1.807) is 7.05 Å². The monoisotopic (exact) mass is 272 g/mol. The molecule has 1 heterocycles. The molecule has 1 amide bonds. The fourth-order valence-electron chi connectivity index (χ4n) is 2.15. The van der Waals surface area contributed by atoms with Crippen LogP contribution in [0, 0.1) is 6.92 Å². The third kappa shape index (κ3) is 2.52. The van der Waals surface area contributed by atoms with E-state index in [-0.39, 0.29) is 5.91 Å². The number of carbonyl (C=O) groups is 1. The SMILES string of the molecule is Cc1cccc(C(C)C)c1NC(=O)c1cnn(C)c1N. The van der Waals surface area contributed by atoms with Gasteiger partial charge in [0.1, 0.15) is 11.4 Å². The maximum Gasteiger partial charge on any atom is 0.261 e. The number of rotatable bonds is 3. The summed E-state index contributed by atoms with van der Waals surface area (Å²) >= 11 is 0. The number of hydrogen-bond acceptors (Lipinski definition) is 3. The Labute approximate surface area is 118 Å². The molecule has 0 spiro atoms. The van der Waals surface area contributed by atoms with Crippen LogP contribution in [0.15, 0.2) is 24.4 Å². The largest absolute Gasteiger partial charge is 0.383 e. The van der Waals surface area contributed by atoms with Gasteiger partial charge in [-0.3, -0.25) is 9.48 Å². The van der Waals surface area contributed by atoms with Gasteiger partial charge in [-0.25, -0.2) is 0 Å². The van der Waals surface area contributed by atoms with Gasteiger partial charge in [0.2, 0.25) is 0 Å². The number of nitrogens with zero attached hydrogens (tertiary/aromatic N) is 2. The molecule has 1 aromatic carbocycles. The first kappa shape index (κ1) is 14.1. The van der Waals surface area contributed by atoms with Crippen molar-refractivity contribution in [3.63, 3.8) is 0 Å². The number of hydrogen-bond donors (Lipinski definition) is 2. The van der Waals surface area contributed by atoms with Gasteiger partial charge in [0, 0.05) is 12.7 Å². The van der Waals surface area contributed by atoms with Crippen LogP contribution >= 0.6 is 0 Å². The quantitative estimate of drug-likeness (QED) is 0.902. The summed E-state index contributed by atoms with van der Waals surface area (Å²) in [5.41, 5.74) is 9.23. The maximum atomic E-state index is 12.3. The van der Waals surface area contributed by atoms with Crippen molar-refractivity contribution >= 4 is 17.4 Å². The number of nitrogens with one attached hydrogen (secondary N) is 1. The minimum Gasteiger partial charge on any atom is -0.383 e. The van der Waals surface area contributed by atoms with E-state index in [1.807, 2.05) is 25.1 Å². The summed E-state index contributed by atoms with van der Waals surface area (Å²) in [4.78, 5) is 12.3. The van der Waals surface area contributed by atoms with Crippen molar-refractivity contribution in [3.8, 4) is 0 Å². The summed E-state index contributed by atoms with van der Waals surface area (Å²) in [6, 6.07) is 6.01. The van der Waals surface area contributed by atoms with E-state index in [2.05, 4.69) is 24.3 Å². The van der Waals surface area contributed by atoms with E-state index in [4.69, 9.17) is 5.73 Å². The van der Waals surface area contributed by atoms with E-state index < -0.39 is 0 Å². The lowest BCUT2D eigenvalue weighted by Crippen LogP contribution is -2.16. The van der Waals surface area contributed by atoms with Crippen molar-refractivity contribution in [2.24, 2.45) is 7.05 Å². The summed E-state index contributed by atoms with van der Waals surface area (Å²) in [6.07, 6.45) is 1.48. The molecule has 20 heavy (non-hydrogen) atoms. The second-order valence-corrected chi connectivity index (χ2v) is 5.22. The van der Waals surface area contributed by atoms with Gasteiger partial charge in [0.15, 0.2) is 0 Å². The summed E-state index contributed by atoms with van der Waals surface area (Å²) < 4.78 is 1.48. The van der Waals surface area contributed by atoms with Gasteiger partial charge in [-0.2, -0.15) is 5.10 Å². The smallest absolute Gasteiger partial charge is 0.261 e. The zero-order valence-electron chi connectivity index (χ0n) is 12.3. The van der Waals surface area contributed by atoms with Crippen LogP contribution in [-0.2, 0) is 7.05 Å². The van der Waals surface area contributed by atoms with Crippen LogP contribution in [-0.4, -0.2) is 15.7 Å². The van der Waals surface area contributed by atoms with Crippen molar-refractivity contribution in [2.45, 2.75) is 26.7 Å². The van der Waals surface area contributed by atoms with Gasteiger partial charge < -0.3 is 11.1 Å². The Balaban J connectivity index is 2.35. The predicted molar refractivity (Wildman–Crippen MR) is 80.8 cm³/mol. The Morgan fingerprint density at radius 3 is 2.65 bits per heavy atom. The molecular formula is C15H20N4O. The molecule has 3 N–H and O–H groups in total. The van der Waals surface area contributed by atoms with Gasteiger partial charge in [0.05, 0.1) is 6.20 Å². The number of nitrogens with two attached hydrogens (primary N) is 1. The van der Waals surface area contributed by atoms with Crippen molar-refractivity contribution in [3.05, 3.63) is 41.1 Å². The minimum absolute atomic E-state index is 0.230. The van der Waals surface area contributed by atoms with Crippen LogP contribution in [0.4, 0.5) is 11.5 Å². The van der Waals surface area contributed by atoms with E-state index in [0.29, 0.717) is 17.3 Å². The molecule has 0 bridgehead atoms. The van der Waals surface area contributed by atoms with Gasteiger partial charge in [0.25, 0.3) is 5.91 Å². The second-order valence-electron chi connectivity index (χ2n) is 5.22. The molecular weight excluding hydrogens is 252 g/mol. The molecule has 0 aliphatic heterocycles. The highest BCUT2D eigenvalue weighted by molar-refractivity contribution is 6.07. The van der Waals surface area contributed by atoms with E-state index in [0.717, 1.165) is 16.8 Å². The summed E-state index contributed by atoms with van der Waals surface area (Å²) in [6.45, 7) is 6.18. The molecule has 1 aromatic heterocycles. The third-order valence-electron chi connectivity index (χ3n) is 3.39. The molecule has 0 radical (unpaired) electrons. The zero-order chi connectivity index (χ0) is 14.9. The van der Waals surface area contributed by atoms with Crippen molar-refractivity contribution < 1.29 is 4.79 Å². The summed E-state index contributed by atoms with van der Waals surface area (Å²) in [7, 11) is 1.71. The normalized spacial score (nSPS) is 10.8. The fraction of sp³-hybridized carbons (Fsp3) is 0.333. The maximum absolute atomic E-state index is 12.3. The lowest BCUT2D eigenvalue weighted by atomic mass is 9.98. The van der Waals surface area contributed by atoms with E-state index >= 15 is 0 Å². The molecule has 0 unspecified atom stereocenters. The highest BCUT2D eigenvalue weighted by atomic mass is 16.1. The van der Waals surface area contributed by atoms with Crippen LogP contribution in [0.3, 0.4) is 0 Å². The molecule has 0 aliphatic carbocycles. The van der Waals surface area contributed by atoms with Crippen LogP contribution < -0.4 is 11.1 Å². The standard InChI is InChI=1S/C15H20N4O/c1-9(2)11-7-5-6-10(3)13(11)18-15(20)12-8-17-19(4)14(12)16/h5-9H,16H2,1-4H3,(H,18,20). The number of anilines is 2. The fourth-order valence-corrected chi connectivity index (χ4v) is 2.15. The first-order chi connectivity index (χ1) is 9.41. The Morgan fingerprint density at radius 1 is 1.40 bits per heavy atom. The molecule has 5 heteroatoms. The first-order valence-corrected chi connectivity index (χ1v) is 6.60. The van der Waals surface area contributed by atoms with Crippen LogP contribution in [0.1, 0.15) is 41.3 Å². The molecule has 5 nitrogen and oxygen atoms in total. The highest BCUT2D eigenvalue weighted by Gasteiger charge is 2.17. The average Bonchev–Trinajstić information content (AvgIpc) is 2.72. The number of nitrogen functional groups attached to an aromatic ring is 1. The zero-order valence-corrected chi connectivity index (χ0v) is 12.3. The van der Waals surface area contributed by atoms with Gasteiger partial charge in [-0.05, 0) is 24.0 Å². The number of aryl methyl sites for hydroxylation is 2. The lowest BCUT2D eigenvalue weighted by molar-refractivity contribution is 0.102. The second kappa shape index (κ2) is 5.36. The van der Waals surface area contributed by atoms with E-state index in [9.17, 15) is 4.79 Å². The van der Waals surface area contributed by atoms with Gasteiger partial charge in [-0.15, -0.1) is 0 Å². The average molecular weight is 272 g/mol. The molecule has 0 saturated carbocycles. The first-order valence-electron chi connectivity index (χ1n) is 6.60. The Hall–Kier alpha value is -2.30. The Morgan fingerprint density at radius 2 is 2.10 bits per heavy atom. The van der Waals surface area contributed by atoms with Crippen LogP contribution in [0.5, 0.6) is 0 Å². The number of benzene rings is 1. The number of amides is 1. The molecule has 0 atom stereocenters. The summed E-state index contributed by atoms with van der Waals surface area (Å²) in [5, 5.41) is 6.95. The lowest BCUT2D eigenvalue weighted by Gasteiger charge is -2.16. The van der Waals surface area contributed by atoms with Gasteiger partial charge in [-0.1, -0.05) is 32.0 Å². The number of para-hydroxylation sites is 1. The van der Waals surface area contributed by atoms with Crippen LogP contribution in [0.2, 0.25) is 0 Å². The molecule has 0 saturated heterocycles. The molecule has 2 rings (SSSR count). The molecule has 2 aromatic rings. The number of aromatic nitrogens is 2. The molecule has 0 fully saturated rings. The minimum atomic E-state index is -0.230. The van der Waals surface area contributed by atoms with E-state index in [1.165, 1.54) is 10.9 Å². The number of carbonyl (C=O) groups excluding carboxylic acids is 1. The summed E-state index contributed by atoms with van der Waals surface area (Å²) in [5.74, 6) is 0.463. The molecule has 106 valence electrons. The van der Waals surface area contributed by atoms with Crippen LogP contribution in [0.25, 0.3) is 0 Å². The van der Waals surface area contributed by atoms with Crippen molar-refractivity contribution in [1.29, 1.82) is 0 Å². The highest BCUT2D eigenvalue weighted by Crippen LogP contribution is 2.28. The van der Waals surface area contributed by atoms with Crippen molar-refractivity contribution in [1.82, 2.24) is 9.78 Å². The predicted octanol–water partition coefficient (Wildman–Crippen LogP) is 2.69. The molecule has 0 aliphatic rings. The third-order valence-corrected chi connectivity index (χ3v) is 3.39. The Kier molecular flexibility index (Phi) is 3.79.